The molecule has 2 saturated heterocycles. The van der Waals surface area contributed by atoms with Crippen LogP contribution >= 0.6 is 11.6 Å². The van der Waals surface area contributed by atoms with Crippen molar-refractivity contribution in [2.24, 2.45) is 5.92 Å². The average molecular weight is 613 g/mol. The third-order valence-corrected chi connectivity index (χ3v) is 8.64. The molecule has 1 unspecified atom stereocenters. The molecule has 3 aliphatic rings. The van der Waals surface area contributed by atoms with Gasteiger partial charge in [-0.2, -0.15) is 5.10 Å². The van der Waals surface area contributed by atoms with E-state index in [4.69, 9.17) is 11.6 Å². The highest BCUT2D eigenvalue weighted by atomic mass is 35.5. The lowest BCUT2D eigenvalue weighted by atomic mass is 9.98. The van der Waals surface area contributed by atoms with Crippen molar-refractivity contribution >= 4 is 52.5 Å². The standard InChI is InChI=1S/C32H29ClN6O5/c1-18-12-21(6-9-25(18)33)35-31(44)32(2,3)38-17-19(14-34-38)4-5-20-15-37(16-20)22-7-8-23-24(13-22)30(43)39(29(23)42)26-10-11-27(40)36-28(26)41/h6-9,12-14,17,20,26H,10-11,15-16H2,1-3H3,(H,35,44)(H,36,40,41). The lowest BCUT2D eigenvalue weighted by Gasteiger charge is -2.38. The van der Waals surface area contributed by atoms with Crippen LogP contribution in [0.1, 0.15) is 58.5 Å². The number of piperidine rings is 1. The molecule has 11 nitrogen and oxygen atoms in total. The Morgan fingerprint density at radius 2 is 1.82 bits per heavy atom. The van der Waals surface area contributed by atoms with Crippen LogP contribution < -0.4 is 15.5 Å². The molecular weight excluding hydrogens is 584 g/mol. The van der Waals surface area contributed by atoms with Crippen molar-refractivity contribution in [1.29, 1.82) is 0 Å². The van der Waals surface area contributed by atoms with Gasteiger partial charge in [-0.1, -0.05) is 23.4 Å². The summed E-state index contributed by atoms with van der Waals surface area (Å²) in [5.41, 5.74) is 2.50. The number of amides is 5. The third kappa shape index (κ3) is 5.22. The molecule has 2 N–H and O–H groups in total. The number of carbonyl (C=O) groups is 5. The number of aromatic nitrogens is 2. The zero-order valence-corrected chi connectivity index (χ0v) is 25.1. The summed E-state index contributed by atoms with van der Waals surface area (Å²) in [6.45, 7) is 6.69. The fourth-order valence-corrected chi connectivity index (χ4v) is 5.54. The Hall–Kier alpha value is -4.95. The highest BCUT2D eigenvalue weighted by Gasteiger charge is 2.45. The molecule has 0 radical (unpaired) electrons. The molecule has 3 aromatic rings. The number of hydrogen-bond donors (Lipinski definition) is 2. The minimum atomic E-state index is -0.996. The number of hydrogen-bond acceptors (Lipinski definition) is 7. The van der Waals surface area contributed by atoms with Gasteiger partial charge in [-0.05, 0) is 69.2 Å². The SMILES string of the molecule is Cc1cc(NC(=O)C(C)(C)n2cc(C#CC3CN(c4ccc5c(c4)C(=O)N(C4CCC(=O)NC4=O)C5=O)C3)cn2)ccc1Cl. The number of halogens is 1. The van der Waals surface area contributed by atoms with Crippen LogP contribution in [-0.2, 0) is 19.9 Å². The first-order valence-electron chi connectivity index (χ1n) is 14.2. The number of carbonyl (C=O) groups excluding carboxylic acids is 5. The van der Waals surface area contributed by atoms with Crippen LogP contribution in [0.15, 0.2) is 48.8 Å². The smallest absolute Gasteiger partial charge is 0.262 e. The molecule has 4 heterocycles. The van der Waals surface area contributed by atoms with Crippen LogP contribution in [0.25, 0.3) is 0 Å². The molecule has 12 heteroatoms. The summed E-state index contributed by atoms with van der Waals surface area (Å²) in [5, 5.41) is 10.1. The Morgan fingerprint density at radius 1 is 1.07 bits per heavy atom. The molecule has 1 aromatic heterocycles. The lowest BCUT2D eigenvalue weighted by Crippen LogP contribution is -2.54. The van der Waals surface area contributed by atoms with Gasteiger partial charge >= 0.3 is 0 Å². The molecule has 0 aliphatic carbocycles. The molecule has 0 saturated carbocycles. The first-order chi connectivity index (χ1) is 20.9. The van der Waals surface area contributed by atoms with E-state index in [0.717, 1.165) is 16.2 Å². The van der Waals surface area contributed by atoms with Crippen molar-refractivity contribution < 1.29 is 24.0 Å². The van der Waals surface area contributed by atoms with Gasteiger partial charge in [0, 0.05) is 42.1 Å². The maximum atomic E-state index is 13.1. The molecule has 0 bridgehead atoms. The van der Waals surface area contributed by atoms with E-state index in [2.05, 4.69) is 32.5 Å². The molecule has 6 rings (SSSR count). The summed E-state index contributed by atoms with van der Waals surface area (Å²) in [6.07, 6.45) is 3.56. The number of rotatable bonds is 5. The molecule has 1 atom stereocenters. The minimum absolute atomic E-state index is 0.0726. The van der Waals surface area contributed by atoms with Crippen molar-refractivity contribution in [3.8, 4) is 11.8 Å². The summed E-state index contributed by atoms with van der Waals surface area (Å²) in [5.74, 6) is 4.13. The Labute approximate surface area is 258 Å². The summed E-state index contributed by atoms with van der Waals surface area (Å²) >= 11 is 6.09. The second-order valence-electron chi connectivity index (χ2n) is 11.7. The van der Waals surface area contributed by atoms with E-state index < -0.39 is 35.2 Å². The van der Waals surface area contributed by atoms with E-state index in [0.29, 0.717) is 29.4 Å². The maximum Gasteiger partial charge on any atom is 0.262 e. The van der Waals surface area contributed by atoms with Crippen LogP contribution in [0.3, 0.4) is 0 Å². The largest absolute Gasteiger partial charge is 0.369 e. The van der Waals surface area contributed by atoms with Crippen molar-refractivity contribution in [1.82, 2.24) is 20.0 Å². The van der Waals surface area contributed by atoms with Gasteiger partial charge in [0.15, 0.2) is 0 Å². The van der Waals surface area contributed by atoms with Crippen LogP contribution in [-0.4, -0.2) is 63.3 Å². The Morgan fingerprint density at radius 3 is 2.55 bits per heavy atom. The van der Waals surface area contributed by atoms with Crippen LogP contribution in [0, 0.1) is 24.7 Å². The molecule has 224 valence electrons. The van der Waals surface area contributed by atoms with Crippen molar-refractivity contribution in [3.05, 3.63) is 76.1 Å². The van der Waals surface area contributed by atoms with Crippen molar-refractivity contribution in [3.63, 3.8) is 0 Å². The molecule has 2 fully saturated rings. The second-order valence-corrected chi connectivity index (χ2v) is 12.1. The number of nitrogens with one attached hydrogen (secondary N) is 2. The lowest BCUT2D eigenvalue weighted by molar-refractivity contribution is -0.136. The number of aryl methyl sites for hydroxylation is 1. The number of nitrogens with zero attached hydrogens (tertiary/aromatic N) is 4. The number of benzene rings is 2. The third-order valence-electron chi connectivity index (χ3n) is 8.22. The molecule has 2 aromatic carbocycles. The quantitative estimate of drug-likeness (QED) is 0.334. The fraction of sp³-hybridized carbons (Fsp3) is 0.312. The Bertz CT molecular complexity index is 1810. The number of imide groups is 2. The highest BCUT2D eigenvalue weighted by molar-refractivity contribution is 6.31. The number of anilines is 2. The topological polar surface area (TPSA) is 134 Å². The minimum Gasteiger partial charge on any atom is -0.369 e. The molecular formula is C32H29ClN6O5. The molecule has 0 spiro atoms. The fourth-order valence-electron chi connectivity index (χ4n) is 5.43. The van der Waals surface area contributed by atoms with Gasteiger partial charge in [0.25, 0.3) is 17.7 Å². The second kappa shape index (κ2) is 11.0. The van der Waals surface area contributed by atoms with Crippen LogP contribution in [0.5, 0.6) is 0 Å². The van der Waals surface area contributed by atoms with Crippen LogP contribution in [0.2, 0.25) is 5.02 Å². The first kappa shape index (κ1) is 29.1. The Kier molecular flexibility index (Phi) is 7.25. The predicted molar refractivity (Wildman–Crippen MR) is 162 cm³/mol. The Balaban J connectivity index is 1.07. The van der Waals surface area contributed by atoms with Gasteiger partial charge in [-0.15, -0.1) is 0 Å². The highest BCUT2D eigenvalue weighted by Crippen LogP contribution is 2.33. The summed E-state index contributed by atoms with van der Waals surface area (Å²) in [7, 11) is 0. The summed E-state index contributed by atoms with van der Waals surface area (Å²) < 4.78 is 1.59. The van der Waals surface area contributed by atoms with Gasteiger partial charge in [0.05, 0.1) is 28.8 Å². The van der Waals surface area contributed by atoms with Gasteiger partial charge in [0.2, 0.25) is 11.8 Å². The average Bonchev–Trinajstić information content (AvgIpc) is 3.53. The molecule has 5 amide bonds. The van der Waals surface area contributed by atoms with E-state index in [1.165, 1.54) is 0 Å². The van der Waals surface area contributed by atoms with Gasteiger partial charge in [-0.3, -0.25) is 38.9 Å². The maximum absolute atomic E-state index is 13.1. The van der Waals surface area contributed by atoms with E-state index in [9.17, 15) is 24.0 Å². The monoisotopic (exact) mass is 612 g/mol. The van der Waals surface area contributed by atoms with Gasteiger partial charge < -0.3 is 10.2 Å². The van der Waals surface area contributed by atoms with Crippen LogP contribution in [0.4, 0.5) is 11.4 Å². The van der Waals surface area contributed by atoms with E-state index in [-0.39, 0.29) is 35.8 Å². The molecule has 3 aliphatic heterocycles. The zero-order valence-electron chi connectivity index (χ0n) is 24.3. The first-order valence-corrected chi connectivity index (χ1v) is 14.5. The van der Waals surface area contributed by atoms with E-state index >= 15 is 0 Å². The zero-order chi connectivity index (χ0) is 31.3. The number of fused-ring (bicyclic) bond motifs is 1. The van der Waals surface area contributed by atoms with E-state index in [1.807, 2.05) is 13.0 Å². The summed E-state index contributed by atoms with van der Waals surface area (Å²) in [6, 6.07) is 9.37. The normalized spacial score (nSPS) is 18.4. The molecule has 44 heavy (non-hydrogen) atoms. The van der Waals surface area contributed by atoms with Gasteiger partial charge in [-0.25, -0.2) is 0 Å². The van der Waals surface area contributed by atoms with E-state index in [1.54, 1.807) is 61.3 Å². The van der Waals surface area contributed by atoms with Crippen molar-refractivity contribution in [2.45, 2.75) is 45.2 Å². The van der Waals surface area contributed by atoms with Gasteiger partial charge in [0.1, 0.15) is 11.6 Å². The predicted octanol–water partition coefficient (Wildman–Crippen LogP) is 3.11. The summed E-state index contributed by atoms with van der Waals surface area (Å²) in [4.78, 5) is 66.0. The van der Waals surface area contributed by atoms with Crippen molar-refractivity contribution in [2.75, 3.05) is 23.3 Å².